The van der Waals surface area contributed by atoms with Gasteiger partial charge >= 0.3 is 0 Å². The highest BCUT2D eigenvalue weighted by Crippen LogP contribution is 2.02. The molecule has 1 N–H and O–H groups in total. The Morgan fingerprint density at radius 1 is 1.33 bits per heavy atom. The first kappa shape index (κ1) is 18.8. The van der Waals surface area contributed by atoms with E-state index in [1.165, 1.54) is 6.21 Å². The van der Waals surface area contributed by atoms with Crippen LogP contribution < -0.4 is 0 Å². The summed E-state index contributed by atoms with van der Waals surface area (Å²) >= 11 is 0. The number of aryl methyl sites for hydroxylation is 3. The minimum Gasteiger partial charge on any atom is -0.309 e. The molecule has 0 aromatic carbocycles. The predicted octanol–water partition coefficient (Wildman–Crippen LogP) is 4.28. The first-order valence-corrected chi connectivity index (χ1v) is 6.46. The van der Waals surface area contributed by atoms with E-state index in [9.17, 15) is 0 Å². The van der Waals surface area contributed by atoms with Crippen molar-refractivity contribution in [3.8, 4) is 0 Å². The molecule has 0 radical (unpaired) electrons. The Morgan fingerprint density at radius 2 is 1.83 bits per heavy atom. The predicted molar refractivity (Wildman–Crippen MR) is 80.4 cm³/mol. The van der Waals surface area contributed by atoms with Gasteiger partial charge < -0.3 is 5.41 Å². The number of hydrogen-bond donors (Lipinski definition) is 1. The molecule has 102 valence electrons. The van der Waals surface area contributed by atoms with E-state index in [1.807, 2.05) is 33.9 Å². The van der Waals surface area contributed by atoms with Gasteiger partial charge in [-0.1, -0.05) is 33.8 Å². The van der Waals surface area contributed by atoms with Gasteiger partial charge in [-0.25, -0.2) is 0 Å². The lowest BCUT2D eigenvalue weighted by Gasteiger charge is -2.00. The minimum atomic E-state index is 0.796. The SMILES string of the molecule is C=C(C)C=N.CC.CCCc1cnc(C)c(C)n1. The average molecular weight is 249 g/mol. The Labute approximate surface area is 112 Å². The Morgan fingerprint density at radius 3 is 2.17 bits per heavy atom. The van der Waals surface area contributed by atoms with Crippen LogP contribution in [0.3, 0.4) is 0 Å². The Bertz CT molecular complexity index is 357. The summed E-state index contributed by atoms with van der Waals surface area (Å²) in [7, 11) is 0. The lowest BCUT2D eigenvalue weighted by molar-refractivity contribution is 0.851. The summed E-state index contributed by atoms with van der Waals surface area (Å²) in [5, 5.41) is 6.43. The van der Waals surface area contributed by atoms with E-state index in [2.05, 4.69) is 23.5 Å². The van der Waals surface area contributed by atoms with Crippen LogP contribution in [0.1, 0.15) is 51.2 Å². The fraction of sp³-hybridized carbons (Fsp3) is 0.533. The molecule has 0 unspecified atom stereocenters. The van der Waals surface area contributed by atoms with Gasteiger partial charge in [-0.05, 0) is 32.8 Å². The highest BCUT2D eigenvalue weighted by atomic mass is 14.8. The third kappa shape index (κ3) is 9.70. The maximum absolute atomic E-state index is 6.43. The van der Waals surface area contributed by atoms with E-state index in [0.29, 0.717) is 0 Å². The number of hydrogen-bond acceptors (Lipinski definition) is 3. The van der Waals surface area contributed by atoms with Crippen LogP contribution in [-0.4, -0.2) is 16.2 Å². The first-order chi connectivity index (χ1) is 8.51. The van der Waals surface area contributed by atoms with Gasteiger partial charge in [0.05, 0.1) is 17.1 Å². The van der Waals surface area contributed by atoms with Gasteiger partial charge in [0.1, 0.15) is 0 Å². The third-order valence-electron chi connectivity index (χ3n) is 1.99. The zero-order chi connectivity index (χ0) is 14.6. The van der Waals surface area contributed by atoms with E-state index in [1.54, 1.807) is 6.92 Å². The van der Waals surface area contributed by atoms with Gasteiger partial charge in [0.15, 0.2) is 0 Å². The van der Waals surface area contributed by atoms with Crippen molar-refractivity contribution in [3.05, 3.63) is 35.4 Å². The topological polar surface area (TPSA) is 49.6 Å². The van der Waals surface area contributed by atoms with Gasteiger partial charge in [0.2, 0.25) is 0 Å². The molecule has 1 rings (SSSR count). The molecule has 1 heterocycles. The van der Waals surface area contributed by atoms with Gasteiger partial charge in [0, 0.05) is 12.4 Å². The minimum absolute atomic E-state index is 0.796. The molecule has 0 saturated heterocycles. The van der Waals surface area contributed by atoms with Crippen LogP contribution in [0, 0.1) is 19.3 Å². The van der Waals surface area contributed by atoms with Crippen molar-refractivity contribution in [1.29, 1.82) is 5.41 Å². The molecular formula is C15H27N3. The fourth-order valence-corrected chi connectivity index (χ4v) is 0.967. The Balaban J connectivity index is 0. The molecule has 0 atom stereocenters. The van der Waals surface area contributed by atoms with Gasteiger partial charge in [-0.2, -0.15) is 0 Å². The van der Waals surface area contributed by atoms with Crippen LogP contribution >= 0.6 is 0 Å². The molecule has 0 spiro atoms. The maximum Gasteiger partial charge on any atom is 0.0590 e. The standard InChI is InChI=1S/C9H14N2.C4H7N.C2H6/c1-4-5-9-6-10-7(2)8(3)11-9;1-4(2)3-5;1-2/h6H,4-5H2,1-3H3;3,5H,1H2,2H3;1-2H3. The van der Waals surface area contributed by atoms with Crippen LogP contribution in [-0.2, 0) is 6.42 Å². The summed E-state index contributed by atoms with van der Waals surface area (Å²) < 4.78 is 0. The molecule has 3 nitrogen and oxygen atoms in total. The quantitative estimate of drug-likeness (QED) is 0.813. The van der Waals surface area contributed by atoms with Crippen LogP contribution in [0.15, 0.2) is 18.3 Å². The summed E-state index contributed by atoms with van der Waals surface area (Å²) in [4.78, 5) is 8.63. The Hall–Kier alpha value is -1.51. The number of allylic oxidation sites excluding steroid dienone is 1. The van der Waals surface area contributed by atoms with Gasteiger partial charge in [-0.15, -0.1) is 0 Å². The zero-order valence-electron chi connectivity index (χ0n) is 12.7. The van der Waals surface area contributed by atoms with Crippen molar-refractivity contribution in [2.75, 3.05) is 0 Å². The lowest BCUT2D eigenvalue weighted by Crippen LogP contribution is -1.96. The normalized spacial score (nSPS) is 8.33. The average Bonchev–Trinajstić information content (AvgIpc) is 2.37. The molecule has 1 aromatic heterocycles. The van der Waals surface area contributed by atoms with Gasteiger partial charge in [0.25, 0.3) is 0 Å². The van der Waals surface area contributed by atoms with Crippen molar-refractivity contribution >= 4 is 6.21 Å². The Kier molecular flexibility index (Phi) is 12.5. The lowest BCUT2D eigenvalue weighted by atomic mass is 10.2. The maximum atomic E-state index is 6.43. The zero-order valence-corrected chi connectivity index (χ0v) is 12.7. The van der Waals surface area contributed by atoms with E-state index >= 15 is 0 Å². The van der Waals surface area contributed by atoms with Crippen LogP contribution in [0.4, 0.5) is 0 Å². The monoisotopic (exact) mass is 249 g/mol. The molecule has 0 saturated carbocycles. The molecule has 0 aliphatic carbocycles. The van der Waals surface area contributed by atoms with E-state index in [0.717, 1.165) is 35.5 Å². The molecule has 0 fully saturated rings. The second kappa shape index (κ2) is 12.0. The molecule has 18 heavy (non-hydrogen) atoms. The van der Waals surface area contributed by atoms with Crippen LogP contribution in [0.2, 0.25) is 0 Å². The summed E-state index contributed by atoms with van der Waals surface area (Å²) in [5.41, 5.74) is 3.99. The van der Waals surface area contributed by atoms with E-state index < -0.39 is 0 Å². The second-order valence-electron chi connectivity index (χ2n) is 3.77. The molecule has 3 heteroatoms. The van der Waals surface area contributed by atoms with Gasteiger partial charge in [-0.3, -0.25) is 9.97 Å². The molecule has 0 aliphatic rings. The van der Waals surface area contributed by atoms with Crippen molar-refractivity contribution in [2.24, 2.45) is 0 Å². The van der Waals surface area contributed by atoms with Crippen molar-refractivity contribution in [1.82, 2.24) is 9.97 Å². The summed E-state index contributed by atoms with van der Waals surface area (Å²) in [6.45, 7) is 15.4. The molecule has 1 aromatic rings. The molecule has 0 amide bonds. The molecular weight excluding hydrogens is 222 g/mol. The fourth-order valence-electron chi connectivity index (χ4n) is 0.967. The summed E-state index contributed by atoms with van der Waals surface area (Å²) in [6.07, 6.45) is 5.26. The van der Waals surface area contributed by atoms with E-state index in [-0.39, 0.29) is 0 Å². The summed E-state index contributed by atoms with van der Waals surface area (Å²) in [6, 6.07) is 0. The largest absolute Gasteiger partial charge is 0.309 e. The number of rotatable bonds is 3. The molecule has 0 bridgehead atoms. The van der Waals surface area contributed by atoms with Crippen LogP contribution in [0.5, 0.6) is 0 Å². The van der Waals surface area contributed by atoms with Crippen molar-refractivity contribution in [2.45, 2.75) is 54.4 Å². The van der Waals surface area contributed by atoms with Crippen molar-refractivity contribution in [3.63, 3.8) is 0 Å². The van der Waals surface area contributed by atoms with Crippen molar-refractivity contribution < 1.29 is 0 Å². The number of nitrogens with one attached hydrogen (secondary N) is 1. The first-order valence-electron chi connectivity index (χ1n) is 6.46. The second-order valence-corrected chi connectivity index (χ2v) is 3.77. The smallest absolute Gasteiger partial charge is 0.0590 e. The van der Waals surface area contributed by atoms with E-state index in [4.69, 9.17) is 5.41 Å². The molecule has 0 aliphatic heterocycles. The third-order valence-corrected chi connectivity index (χ3v) is 1.99. The number of aromatic nitrogens is 2. The highest BCUT2D eigenvalue weighted by Gasteiger charge is 1.96. The number of nitrogens with zero attached hydrogens (tertiary/aromatic N) is 2. The highest BCUT2D eigenvalue weighted by molar-refractivity contribution is 5.73. The summed E-state index contributed by atoms with van der Waals surface area (Å²) in [5.74, 6) is 0. The van der Waals surface area contributed by atoms with Crippen LogP contribution in [0.25, 0.3) is 0 Å².